The van der Waals surface area contributed by atoms with Gasteiger partial charge in [0.15, 0.2) is 11.6 Å². The number of carbonyl (C=O) groups excluding carboxylic acids is 3. The molecule has 1 saturated carbocycles. The molecule has 0 atom stereocenters. The first kappa shape index (κ1) is 29.1. The molecule has 0 unspecified atom stereocenters. The van der Waals surface area contributed by atoms with Crippen molar-refractivity contribution in [3.05, 3.63) is 70.9 Å². The Labute approximate surface area is 244 Å². The molecular weight excluding hydrogens is 564 g/mol. The maximum Gasteiger partial charge on any atom is 0.261 e. The smallest absolute Gasteiger partial charge is 0.261 e. The minimum atomic E-state index is -1.29. The molecule has 4 aromatic rings. The van der Waals surface area contributed by atoms with Gasteiger partial charge in [0.25, 0.3) is 5.91 Å². The number of hydrogen-bond donors (Lipinski definition) is 3. The highest BCUT2D eigenvalue weighted by molar-refractivity contribution is 7.20. The highest BCUT2D eigenvalue weighted by atomic mass is 32.1. The van der Waals surface area contributed by atoms with Gasteiger partial charge in [-0.1, -0.05) is 13.8 Å². The van der Waals surface area contributed by atoms with Crippen LogP contribution in [0.3, 0.4) is 0 Å². The average Bonchev–Trinajstić information content (AvgIpc) is 3.70. The van der Waals surface area contributed by atoms with Crippen molar-refractivity contribution in [1.82, 2.24) is 15.3 Å². The number of ether oxygens (including phenoxy) is 1. The molecule has 218 valence electrons. The molecule has 0 bridgehead atoms. The van der Waals surface area contributed by atoms with Gasteiger partial charge >= 0.3 is 0 Å². The molecule has 1 aliphatic rings. The summed E-state index contributed by atoms with van der Waals surface area (Å²) < 4.78 is 34.1. The van der Waals surface area contributed by atoms with E-state index in [0.29, 0.717) is 51.6 Å². The number of nitrogens with zero attached hydrogens (tertiary/aromatic N) is 2. The van der Waals surface area contributed by atoms with Gasteiger partial charge in [0.1, 0.15) is 22.4 Å². The Hall–Kier alpha value is -4.45. The summed E-state index contributed by atoms with van der Waals surface area (Å²) in [5, 5.41) is 8.67. The summed E-state index contributed by atoms with van der Waals surface area (Å²) in [6.07, 6.45) is 2.80. The lowest BCUT2D eigenvalue weighted by molar-refractivity contribution is -0.131. The number of thiophene rings is 1. The molecule has 0 aliphatic heterocycles. The third-order valence-electron chi connectivity index (χ3n) is 7.02. The summed E-state index contributed by atoms with van der Waals surface area (Å²) in [6.45, 7) is 6.47. The van der Waals surface area contributed by atoms with Crippen LogP contribution in [0.1, 0.15) is 48.3 Å². The van der Waals surface area contributed by atoms with Crippen LogP contribution in [0.2, 0.25) is 0 Å². The highest BCUT2D eigenvalue weighted by Crippen LogP contribution is 2.47. The van der Waals surface area contributed by atoms with Gasteiger partial charge in [0, 0.05) is 24.0 Å². The van der Waals surface area contributed by atoms with Gasteiger partial charge in [-0.25, -0.2) is 18.7 Å². The highest BCUT2D eigenvalue weighted by Gasteiger charge is 2.56. The van der Waals surface area contributed by atoms with E-state index in [-0.39, 0.29) is 23.2 Å². The van der Waals surface area contributed by atoms with E-state index in [1.54, 1.807) is 6.92 Å². The first-order valence-corrected chi connectivity index (χ1v) is 14.3. The molecule has 2 heterocycles. The number of aryl methyl sites for hydroxylation is 1. The van der Waals surface area contributed by atoms with E-state index in [1.165, 1.54) is 54.1 Å². The standard InChI is InChI=1S/C30H29F2N5O4S/c1-16(2)10-13-33-25(38)24-17(3)23-26(34-15-35-27(23)42-24)41-22-9-8-20(14-21(22)32)37-29(40)30(11-12-30)28(39)36-19-6-4-18(31)5-7-19/h4-9,14-16H,10-13H2,1-3H3,(H,33,38)(H,36,39)(H,37,40). The van der Waals surface area contributed by atoms with Crippen molar-refractivity contribution in [1.29, 1.82) is 0 Å². The molecule has 9 nitrogen and oxygen atoms in total. The number of anilines is 2. The molecule has 3 N–H and O–H groups in total. The van der Waals surface area contributed by atoms with Gasteiger partial charge in [0.2, 0.25) is 17.7 Å². The predicted molar refractivity (Wildman–Crippen MR) is 156 cm³/mol. The molecule has 12 heteroatoms. The van der Waals surface area contributed by atoms with Gasteiger partial charge in [0.05, 0.1) is 10.3 Å². The Kier molecular flexibility index (Phi) is 8.17. The second-order valence-electron chi connectivity index (χ2n) is 10.6. The van der Waals surface area contributed by atoms with E-state index in [2.05, 4.69) is 39.8 Å². The van der Waals surface area contributed by atoms with Gasteiger partial charge in [-0.05, 0) is 74.1 Å². The number of aromatic nitrogens is 2. The summed E-state index contributed by atoms with van der Waals surface area (Å²) in [5.41, 5.74) is -0.148. The van der Waals surface area contributed by atoms with Gasteiger partial charge < -0.3 is 20.7 Å². The zero-order valence-electron chi connectivity index (χ0n) is 23.2. The first-order valence-electron chi connectivity index (χ1n) is 13.5. The summed E-state index contributed by atoms with van der Waals surface area (Å²) in [5.74, 6) is -2.10. The molecule has 2 aromatic carbocycles. The largest absolute Gasteiger partial charge is 0.435 e. The molecule has 0 saturated heterocycles. The Morgan fingerprint density at radius 3 is 2.31 bits per heavy atom. The van der Waals surface area contributed by atoms with Gasteiger partial charge in [-0.2, -0.15) is 0 Å². The SMILES string of the molecule is Cc1c(C(=O)NCCC(C)C)sc2ncnc(Oc3ccc(NC(=O)C4(C(=O)Nc5ccc(F)cc5)CC4)cc3F)c12. The summed E-state index contributed by atoms with van der Waals surface area (Å²) in [4.78, 5) is 48.0. The molecule has 5 rings (SSSR count). The van der Waals surface area contributed by atoms with Crippen LogP contribution in [0, 0.1) is 29.9 Å². The van der Waals surface area contributed by atoms with Crippen LogP contribution in [-0.4, -0.2) is 34.2 Å². The number of fused-ring (bicyclic) bond motifs is 1. The molecule has 1 fully saturated rings. The quantitative estimate of drug-likeness (QED) is 0.188. The third kappa shape index (κ3) is 6.08. The fourth-order valence-electron chi connectivity index (χ4n) is 4.37. The van der Waals surface area contributed by atoms with E-state index in [0.717, 1.165) is 12.5 Å². The second kappa shape index (κ2) is 11.8. The van der Waals surface area contributed by atoms with Crippen molar-refractivity contribution in [2.45, 2.75) is 40.0 Å². The van der Waals surface area contributed by atoms with Gasteiger partial charge in [-0.3, -0.25) is 14.4 Å². The van der Waals surface area contributed by atoms with Crippen molar-refractivity contribution >= 4 is 50.6 Å². The van der Waals surface area contributed by atoms with Crippen LogP contribution < -0.4 is 20.7 Å². The Bertz CT molecular complexity index is 1670. The van der Waals surface area contributed by atoms with Crippen molar-refractivity contribution in [3.8, 4) is 11.6 Å². The molecule has 0 radical (unpaired) electrons. The Morgan fingerprint density at radius 1 is 1.00 bits per heavy atom. The van der Waals surface area contributed by atoms with E-state index in [9.17, 15) is 18.8 Å². The van der Waals surface area contributed by atoms with Gasteiger partial charge in [-0.15, -0.1) is 11.3 Å². The van der Waals surface area contributed by atoms with E-state index >= 15 is 4.39 Å². The van der Waals surface area contributed by atoms with Crippen LogP contribution in [0.15, 0.2) is 48.8 Å². The number of nitrogens with one attached hydrogen (secondary N) is 3. The van der Waals surface area contributed by atoms with Crippen molar-refractivity contribution in [2.75, 3.05) is 17.2 Å². The van der Waals surface area contributed by atoms with E-state index in [1.807, 2.05) is 0 Å². The lowest BCUT2D eigenvalue weighted by atomic mass is 10.0. The zero-order valence-corrected chi connectivity index (χ0v) is 24.0. The minimum absolute atomic E-state index is 0.0973. The van der Waals surface area contributed by atoms with Crippen LogP contribution in [0.4, 0.5) is 20.2 Å². The van der Waals surface area contributed by atoms with Crippen LogP contribution in [-0.2, 0) is 9.59 Å². The topological polar surface area (TPSA) is 122 Å². The number of rotatable bonds is 10. The monoisotopic (exact) mass is 593 g/mol. The van der Waals surface area contributed by atoms with Crippen LogP contribution >= 0.6 is 11.3 Å². The first-order chi connectivity index (χ1) is 20.1. The van der Waals surface area contributed by atoms with Crippen molar-refractivity contribution in [3.63, 3.8) is 0 Å². The number of hydrogen-bond acceptors (Lipinski definition) is 7. The number of halogens is 2. The van der Waals surface area contributed by atoms with Crippen molar-refractivity contribution in [2.24, 2.45) is 11.3 Å². The summed E-state index contributed by atoms with van der Waals surface area (Å²) >= 11 is 1.21. The Balaban J connectivity index is 1.28. The Morgan fingerprint density at radius 2 is 1.67 bits per heavy atom. The molecule has 3 amide bonds. The molecule has 2 aromatic heterocycles. The average molecular weight is 594 g/mol. The third-order valence-corrected chi connectivity index (χ3v) is 8.22. The maximum atomic E-state index is 15.1. The normalized spacial score (nSPS) is 13.6. The minimum Gasteiger partial charge on any atom is -0.435 e. The lowest BCUT2D eigenvalue weighted by Crippen LogP contribution is -2.35. The van der Waals surface area contributed by atoms with Crippen LogP contribution in [0.5, 0.6) is 11.6 Å². The zero-order chi connectivity index (χ0) is 30.0. The number of benzene rings is 2. The fraction of sp³-hybridized carbons (Fsp3) is 0.300. The molecule has 42 heavy (non-hydrogen) atoms. The summed E-state index contributed by atoms with van der Waals surface area (Å²) in [6, 6.07) is 9.11. The number of amides is 3. The molecule has 0 spiro atoms. The lowest BCUT2D eigenvalue weighted by Gasteiger charge is -2.16. The fourth-order valence-corrected chi connectivity index (χ4v) is 5.43. The maximum absolute atomic E-state index is 15.1. The number of carbonyl (C=O) groups is 3. The second-order valence-corrected chi connectivity index (χ2v) is 11.6. The van der Waals surface area contributed by atoms with E-state index in [4.69, 9.17) is 4.74 Å². The van der Waals surface area contributed by atoms with Crippen LogP contribution in [0.25, 0.3) is 10.2 Å². The molecular formula is C30H29F2N5O4S. The van der Waals surface area contributed by atoms with E-state index < -0.39 is 28.9 Å². The predicted octanol–water partition coefficient (Wildman–Crippen LogP) is 6.20. The summed E-state index contributed by atoms with van der Waals surface area (Å²) in [7, 11) is 0. The van der Waals surface area contributed by atoms with Crippen molar-refractivity contribution < 1.29 is 27.9 Å². The molecule has 1 aliphatic carbocycles.